The Balaban J connectivity index is 1.73. The summed E-state index contributed by atoms with van der Waals surface area (Å²) in [5, 5.41) is 13.0. The predicted octanol–water partition coefficient (Wildman–Crippen LogP) is 5.73. The van der Waals surface area contributed by atoms with Crippen molar-refractivity contribution in [3.8, 4) is 11.8 Å². The standard InChI is InChI=1S/C24H19ClN2O2/c1-17-6-12-22(13-7-17)27-24(28)16-29-23-5-3-2-4-19(23)14-20(15-26)18-8-10-21(25)11-9-18/h2-14H,16H2,1H3,(H,27,28)/b20-14-. The maximum atomic E-state index is 12.2. The summed E-state index contributed by atoms with van der Waals surface area (Å²) in [6.45, 7) is 1.85. The second-order valence-electron chi connectivity index (χ2n) is 6.42. The Labute approximate surface area is 175 Å². The smallest absolute Gasteiger partial charge is 0.262 e. The Morgan fingerprint density at radius 1 is 1.07 bits per heavy atom. The van der Waals surface area contributed by atoms with Gasteiger partial charge in [0.1, 0.15) is 5.75 Å². The van der Waals surface area contributed by atoms with Gasteiger partial charge in [0.15, 0.2) is 6.61 Å². The number of anilines is 1. The first-order chi connectivity index (χ1) is 14.0. The Morgan fingerprint density at radius 3 is 2.45 bits per heavy atom. The van der Waals surface area contributed by atoms with E-state index in [1.54, 1.807) is 36.4 Å². The fourth-order valence-corrected chi connectivity index (χ4v) is 2.80. The van der Waals surface area contributed by atoms with E-state index in [1.807, 2.05) is 49.4 Å². The van der Waals surface area contributed by atoms with Crippen molar-refractivity contribution in [1.29, 1.82) is 5.26 Å². The van der Waals surface area contributed by atoms with Crippen molar-refractivity contribution < 1.29 is 9.53 Å². The summed E-state index contributed by atoms with van der Waals surface area (Å²) in [6.07, 6.45) is 1.73. The van der Waals surface area contributed by atoms with Gasteiger partial charge in [-0.3, -0.25) is 4.79 Å². The number of benzene rings is 3. The van der Waals surface area contributed by atoms with Crippen LogP contribution in [0.4, 0.5) is 5.69 Å². The Bertz CT molecular complexity index is 1070. The first-order valence-electron chi connectivity index (χ1n) is 9.01. The number of nitrogens with one attached hydrogen (secondary N) is 1. The predicted molar refractivity (Wildman–Crippen MR) is 117 cm³/mol. The van der Waals surface area contributed by atoms with Crippen molar-refractivity contribution >= 4 is 34.8 Å². The van der Waals surface area contributed by atoms with Gasteiger partial charge < -0.3 is 10.1 Å². The van der Waals surface area contributed by atoms with Crippen LogP contribution in [0.15, 0.2) is 72.8 Å². The van der Waals surface area contributed by atoms with Gasteiger partial charge in [-0.2, -0.15) is 5.26 Å². The minimum atomic E-state index is -0.258. The lowest BCUT2D eigenvalue weighted by atomic mass is 10.0. The lowest BCUT2D eigenvalue weighted by Gasteiger charge is -2.10. The maximum Gasteiger partial charge on any atom is 0.262 e. The molecular weight excluding hydrogens is 384 g/mol. The number of carbonyl (C=O) groups excluding carboxylic acids is 1. The van der Waals surface area contributed by atoms with E-state index in [2.05, 4.69) is 11.4 Å². The topological polar surface area (TPSA) is 62.1 Å². The average molecular weight is 403 g/mol. The third-order valence-corrected chi connectivity index (χ3v) is 4.44. The zero-order chi connectivity index (χ0) is 20.6. The molecule has 0 spiro atoms. The van der Waals surface area contributed by atoms with Crippen LogP contribution in [0.25, 0.3) is 11.6 Å². The molecule has 3 aromatic carbocycles. The monoisotopic (exact) mass is 402 g/mol. The van der Waals surface area contributed by atoms with Gasteiger partial charge >= 0.3 is 0 Å². The molecular formula is C24H19ClN2O2. The summed E-state index contributed by atoms with van der Waals surface area (Å²) in [5.41, 5.74) is 3.77. The second-order valence-corrected chi connectivity index (χ2v) is 6.85. The van der Waals surface area contributed by atoms with E-state index in [1.165, 1.54) is 0 Å². The third-order valence-electron chi connectivity index (χ3n) is 4.19. The number of halogens is 1. The summed E-state index contributed by atoms with van der Waals surface area (Å²) in [6, 6.07) is 24.1. The van der Waals surface area contributed by atoms with E-state index >= 15 is 0 Å². The van der Waals surface area contributed by atoms with Crippen LogP contribution < -0.4 is 10.1 Å². The van der Waals surface area contributed by atoms with Crippen LogP contribution in [0.3, 0.4) is 0 Å². The molecule has 144 valence electrons. The van der Waals surface area contributed by atoms with Crippen LogP contribution in [-0.2, 0) is 4.79 Å². The van der Waals surface area contributed by atoms with E-state index in [4.69, 9.17) is 16.3 Å². The van der Waals surface area contributed by atoms with Gasteiger partial charge in [0.2, 0.25) is 0 Å². The molecule has 1 amide bonds. The van der Waals surface area contributed by atoms with Crippen molar-refractivity contribution in [2.75, 3.05) is 11.9 Å². The lowest BCUT2D eigenvalue weighted by Crippen LogP contribution is -2.20. The number of nitriles is 1. The molecule has 3 aromatic rings. The molecule has 0 aliphatic carbocycles. The molecule has 0 bridgehead atoms. The van der Waals surface area contributed by atoms with Crippen LogP contribution in [0.1, 0.15) is 16.7 Å². The molecule has 0 saturated heterocycles. The molecule has 0 aliphatic rings. The van der Waals surface area contributed by atoms with Gasteiger partial charge in [0, 0.05) is 16.3 Å². The van der Waals surface area contributed by atoms with E-state index < -0.39 is 0 Å². The molecule has 0 fully saturated rings. The second kappa shape index (κ2) is 9.59. The van der Waals surface area contributed by atoms with Crippen molar-refractivity contribution in [3.63, 3.8) is 0 Å². The van der Waals surface area contributed by atoms with Gasteiger partial charge in [0.05, 0.1) is 11.6 Å². The van der Waals surface area contributed by atoms with Crippen LogP contribution in [0.2, 0.25) is 5.02 Å². The van der Waals surface area contributed by atoms with Gasteiger partial charge in [-0.25, -0.2) is 0 Å². The number of aryl methyl sites for hydroxylation is 1. The Hall–Kier alpha value is -3.55. The molecule has 0 unspecified atom stereocenters. The van der Waals surface area contributed by atoms with Gasteiger partial charge in [-0.1, -0.05) is 59.6 Å². The normalized spacial score (nSPS) is 10.9. The number of hydrogen-bond acceptors (Lipinski definition) is 3. The maximum absolute atomic E-state index is 12.2. The van der Waals surface area contributed by atoms with Gasteiger partial charge in [-0.05, 0) is 48.9 Å². The zero-order valence-electron chi connectivity index (χ0n) is 15.9. The van der Waals surface area contributed by atoms with Crippen molar-refractivity contribution in [3.05, 3.63) is 94.5 Å². The number of carbonyl (C=O) groups is 1. The summed E-state index contributed by atoms with van der Waals surface area (Å²) < 4.78 is 5.71. The van der Waals surface area contributed by atoms with E-state index in [-0.39, 0.29) is 12.5 Å². The molecule has 1 N–H and O–H groups in total. The fraction of sp³-hybridized carbons (Fsp3) is 0.0833. The van der Waals surface area contributed by atoms with Crippen LogP contribution in [0.5, 0.6) is 5.75 Å². The quantitative estimate of drug-likeness (QED) is 0.423. The summed E-state index contributed by atoms with van der Waals surface area (Å²) in [7, 11) is 0. The van der Waals surface area contributed by atoms with Gasteiger partial charge in [0.25, 0.3) is 5.91 Å². The molecule has 29 heavy (non-hydrogen) atoms. The molecule has 3 rings (SSSR count). The van der Waals surface area contributed by atoms with Crippen LogP contribution in [0, 0.1) is 18.3 Å². The first-order valence-corrected chi connectivity index (χ1v) is 9.39. The molecule has 0 radical (unpaired) electrons. The van der Waals surface area contributed by atoms with Crippen molar-refractivity contribution in [2.45, 2.75) is 6.92 Å². The molecule has 0 heterocycles. The minimum Gasteiger partial charge on any atom is -0.483 e. The molecule has 0 aromatic heterocycles. The number of amides is 1. The number of allylic oxidation sites excluding steroid dienone is 1. The minimum absolute atomic E-state index is 0.137. The van der Waals surface area contributed by atoms with E-state index in [0.717, 1.165) is 11.1 Å². The van der Waals surface area contributed by atoms with Gasteiger partial charge in [-0.15, -0.1) is 0 Å². The lowest BCUT2D eigenvalue weighted by molar-refractivity contribution is -0.118. The molecule has 0 atom stereocenters. The molecule has 0 saturated carbocycles. The summed E-state index contributed by atoms with van der Waals surface area (Å²) in [5.74, 6) is 0.263. The number of para-hydroxylation sites is 1. The largest absolute Gasteiger partial charge is 0.483 e. The first kappa shape index (κ1) is 20.2. The number of ether oxygens (including phenoxy) is 1. The summed E-state index contributed by atoms with van der Waals surface area (Å²) in [4.78, 5) is 12.2. The highest BCUT2D eigenvalue weighted by Crippen LogP contribution is 2.25. The molecule has 5 heteroatoms. The number of rotatable bonds is 6. The number of nitrogens with zero attached hydrogens (tertiary/aromatic N) is 1. The Morgan fingerprint density at radius 2 is 1.76 bits per heavy atom. The van der Waals surface area contributed by atoms with Crippen LogP contribution in [-0.4, -0.2) is 12.5 Å². The van der Waals surface area contributed by atoms with Crippen LogP contribution >= 0.6 is 11.6 Å². The highest BCUT2D eigenvalue weighted by atomic mass is 35.5. The SMILES string of the molecule is Cc1ccc(NC(=O)COc2ccccc2/C=C(/C#N)c2ccc(Cl)cc2)cc1. The van der Waals surface area contributed by atoms with E-state index in [9.17, 15) is 10.1 Å². The van der Waals surface area contributed by atoms with E-state index in [0.29, 0.717) is 27.6 Å². The Kier molecular flexibility index (Phi) is 6.67. The average Bonchev–Trinajstić information content (AvgIpc) is 2.73. The summed E-state index contributed by atoms with van der Waals surface area (Å²) >= 11 is 5.92. The molecule has 0 aliphatic heterocycles. The van der Waals surface area contributed by atoms with Crippen molar-refractivity contribution in [1.82, 2.24) is 0 Å². The zero-order valence-corrected chi connectivity index (χ0v) is 16.6. The highest BCUT2D eigenvalue weighted by Gasteiger charge is 2.08. The molecule has 4 nitrogen and oxygen atoms in total. The highest BCUT2D eigenvalue weighted by molar-refractivity contribution is 6.30. The third kappa shape index (κ3) is 5.71. The fourth-order valence-electron chi connectivity index (χ4n) is 2.67. The van der Waals surface area contributed by atoms with Crippen molar-refractivity contribution in [2.24, 2.45) is 0 Å². The number of hydrogen-bond donors (Lipinski definition) is 1.